The van der Waals surface area contributed by atoms with Crippen LogP contribution < -0.4 is 4.74 Å². The van der Waals surface area contributed by atoms with Crippen molar-refractivity contribution < 1.29 is 13.5 Å². The molecule has 72 valence electrons. The highest BCUT2D eigenvalue weighted by molar-refractivity contribution is 14.1. The van der Waals surface area contributed by atoms with Crippen LogP contribution in [0.3, 0.4) is 0 Å². The monoisotopic (exact) mass is 299 g/mol. The third-order valence-electron chi connectivity index (χ3n) is 1.73. The summed E-state index contributed by atoms with van der Waals surface area (Å²) in [5, 5.41) is 0. The van der Waals surface area contributed by atoms with E-state index in [2.05, 4.69) is 4.98 Å². The number of ether oxygens (including phenoxy) is 1. The topological polar surface area (TPSA) is 22.1 Å². The van der Waals surface area contributed by atoms with Gasteiger partial charge in [-0.15, -0.1) is 0 Å². The number of hydrogen-bond acceptors (Lipinski definition) is 2. The van der Waals surface area contributed by atoms with E-state index in [1.807, 2.05) is 0 Å². The fourth-order valence-corrected chi connectivity index (χ4v) is 1.81. The standard InChI is InChI=1S/C8H8F2INO/c1-4-5(13-2)3-12-8(11)6(4)7(9)10/h3,7H,1-2H3. The second kappa shape index (κ2) is 4.17. The Bertz CT molecular complexity index is 317. The third-order valence-corrected chi connectivity index (χ3v) is 2.59. The van der Waals surface area contributed by atoms with Crippen LogP contribution in [0.1, 0.15) is 17.6 Å². The van der Waals surface area contributed by atoms with Gasteiger partial charge in [-0.05, 0) is 29.5 Å². The molecule has 0 atom stereocenters. The summed E-state index contributed by atoms with van der Waals surface area (Å²) in [7, 11) is 1.44. The van der Waals surface area contributed by atoms with Crippen molar-refractivity contribution in [2.45, 2.75) is 13.3 Å². The molecule has 0 fully saturated rings. The van der Waals surface area contributed by atoms with Crippen molar-refractivity contribution in [3.8, 4) is 5.75 Å². The summed E-state index contributed by atoms with van der Waals surface area (Å²) in [5.41, 5.74) is 0.414. The SMILES string of the molecule is COc1cnc(I)c(C(F)F)c1C. The van der Waals surface area contributed by atoms with Crippen LogP contribution in [0.4, 0.5) is 8.78 Å². The average Bonchev–Trinajstić information content (AvgIpc) is 2.04. The number of methoxy groups -OCH3 is 1. The lowest BCUT2D eigenvalue weighted by Crippen LogP contribution is -2.00. The highest BCUT2D eigenvalue weighted by Crippen LogP contribution is 2.31. The Morgan fingerprint density at radius 1 is 1.54 bits per heavy atom. The van der Waals surface area contributed by atoms with E-state index in [1.165, 1.54) is 13.3 Å². The van der Waals surface area contributed by atoms with Gasteiger partial charge in [-0.1, -0.05) is 0 Å². The molecule has 0 N–H and O–H groups in total. The van der Waals surface area contributed by atoms with Crippen LogP contribution in [0.15, 0.2) is 6.20 Å². The molecule has 1 rings (SSSR count). The predicted molar refractivity (Wildman–Crippen MR) is 53.2 cm³/mol. The molecule has 5 heteroatoms. The van der Waals surface area contributed by atoms with Crippen molar-refractivity contribution in [2.75, 3.05) is 7.11 Å². The predicted octanol–water partition coefficient (Wildman–Crippen LogP) is 2.94. The Labute approximate surface area is 88.5 Å². The smallest absolute Gasteiger partial charge is 0.266 e. The fourth-order valence-electron chi connectivity index (χ4n) is 1.03. The highest BCUT2D eigenvalue weighted by Gasteiger charge is 2.18. The van der Waals surface area contributed by atoms with E-state index >= 15 is 0 Å². The zero-order valence-corrected chi connectivity index (χ0v) is 9.30. The maximum absolute atomic E-state index is 12.5. The lowest BCUT2D eigenvalue weighted by atomic mass is 10.1. The summed E-state index contributed by atoms with van der Waals surface area (Å²) in [6.07, 6.45) is -1.06. The van der Waals surface area contributed by atoms with Crippen LogP contribution in [-0.2, 0) is 0 Å². The van der Waals surface area contributed by atoms with Crippen molar-refractivity contribution in [1.82, 2.24) is 4.98 Å². The molecule has 0 radical (unpaired) electrons. The molecule has 1 aromatic heterocycles. The first-order valence-corrected chi connectivity index (χ1v) is 4.63. The van der Waals surface area contributed by atoms with E-state index in [-0.39, 0.29) is 5.56 Å². The van der Waals surface area contributed by atoms with Crippen LogP contribution >= 0.6 is 22.6 Å². The molecule has 0 amide bonds. The van der Waals surface area contributed by atoms with Crippen molar-refractivity contribution in [3.63, 3.8) is 0 Å². The molecule has 0 unspecified atom stereocenters. The van der Waals surface area contributed by atoms with Gasteiger partial charge >= 0.3 is 0 Å². The Morgan fingerprint density at radius 2 is 2.15 bits per heavy atom. The Balaban J connectivity index is 3.30. The van der Waals surface area contributed by atoms with Gasteiger partial charge in [0.05, 0.1) is 18.9 Å². The molecule has 0 aliphatic rings. The number of hydrogen-bond donors (Lipinski definition) is 0. The van der Waals surface area contributed by atoms with E-state index in [4.69, 9.17) is 4.74 Å². The van der Waals surface area contributed by atoms with Crippen LogP contribution in [0.2, 0.25) is 0 Å². The summed E-state index contributed by atoms with van der Waals surface area (Å²) in [6.45, 7) is 1.60. The first-order chi connectivity index (χ1) is 6.07. The van der Waals surface area contributed by atoms with Gasteiger partial charge in [-0.2, -0.15) is 0 Å². The Morgan fingerprint density at radius 3 is 2.62 bits per heavy atom. The number of pyridine rings is 1. The van der Waals surface area contributed by atoms with E-state index in [0.717, 1.165) is 0 Å². The number of nitrogens with zero attached hydrogens (tertiary/aromatic N) is 1. The van der Waals surface area contributed by atoms with E-state index < -0.39 is 6.43 Å². The quantitative estimate of drug-likeness (QED) is 0.619. The molecule has 2 nitrogen and oxygen atoms in total. The van der Waals surface area contributed by atoms with Crippen molar-refractivity contribution in [3.05, 3.63) is 21.0 Å². The molecule has 13 heavy (non-hydrogen) atoms. The first-order valence-electron chi connectivity index (χ1n) is 3.55. The molecular formula is C8H8F2INO. The second-order valence-corrected chi connectivity index (χ2v) is 3.48. The lowest BCUT2D eigenvalue weighted by Gasteiger charge is -2.10. The molecule has 1 aromatic rings. The Hall–Kier alpha value is -0.460. The minimum absolute atomic E-state index is 0.0417. The van der Waals surface area contributed by atoms with Gasteiger partial charge in [-0.3, -0.25) is 0 Å². The first kappa shape index (κ1) is 10.6. The molecule has 1 heterocycles. The van der Waals surface area contributed by atoms with E-state index in [0.29, 0.717) is 15.0 Å². The van der Waals surface area contributed by atoms with Crippen molar-refractivity contribution in [2.24, 2.45) is 0 Å². The maximum Gasteiger partial charge on any atom is 0.266 e. The number of halogens is 3. The summed E-state index contributed by atoms with van der Waals surface area (Å²) in [5.74, 6) is 0.399. The summed E-state index contributed by atoms with van der Waals surface area (Å²) in [6, 6.07) is 0. The molecular weight excluding hydrogens is 291 g/mol. The minimum Gasteiger partial charge on any atom is -0.495 e. The van der Waals surface area contributed by atoms with Crippen LogP contribution in [0.5, 0.6) is 5.75 Å². The van der Waals surface area contributed by atoms with Crippen molar-refractivity contribution >= 4 is 22.6 Å². The fraction of sp³-hybridized carbons (Fsp3) is 0.375. The van der Waals surface area contributed by atoms with Gasteiger partial charge in [0.15, 0.2) is 0 Å². The largest absolute Gasteiger partial charge is 0.495 e. The summed E-state index contributed by atoms with van der Waals surface area (Å²) < 4.78 is 30.2. The molecule has 0 aliphatic heterocycles. The van der Waals surface area contributed by atoms with Gasteiger partial charge in [-0.25, -0.2) is 13.8 Å². The van der Waals surface area contributed by atoms with Gasteiger partial charge in [0.2, 0.25) is 0 Å². The van der Waals surface area contributed by atoms with Gasteiger partial charge in [0, 0.05) is 5.56 Å². The van der Waals surface area contributed by atoms with Gasteiger partial charge in [0.25, 0.3) is 6.43 Å². The summed E-state index contributed by atoms with van der Waals surface area (Å²) in [4.78, 5) is 3.81. The van der Waals surface area contributed by atoms with Crippen LogP contribution in [0.25, 0.3) is 0 Å². The molecule has 0 spiro atoms. The van der Waals surface area contributed by atoms with E-state index in [1.54, 1.807) is 29.5 Å². The molecule has 0 saturated heterocycles. The highest BCUT2D eigenvalue weighted by atomic mass is 127. The van der Waals surface area contributed by atoms with Crippen LogP contribution in [0, 0.1) is 10.6 Å². The average molecular weight is 299 g/mol. The Kier molecular flexibility index (Phi) is 3.40. The second-order valence-electron chi connectivity index (χ2n) is 2.46. The summed E-state index contributed by atoms with van der Waals surface area (Å²) >= 11 is 1.79. The molecule has 0 aromatic carbocycles. The number of alkyl halides is 2. The lowest BCUT2D eigenvalue weighted by molar-refractivity contribution is 0.148. The van der Waals surface area contributed by atoms with E-state index in [9.17, 15) is 8.78 Å². The van der Waals surface area contributed by atoms with Gasteiger partial charge in [0.1, 0.15) is 9.45 Å². The normalized spacial score (nSPS) is 10.6. The zero-order valence-electron chi connectivity index (χ0n) is 7.14. The number of rotatable bonds is 2. The van der Waals surface area contributed by atoms with Gasteiger partial charge < -0.3 is 4.74 Å². The number of aromatic nitrogens is 1. The third kappa shape index (κ3) is 2.07. The minimum atomic E-state index is -2.51. The maximum atomic E-state index is 12.5. The molecule has 0 saturated carbocycles. The van der Waals surface area contributed by atoms with Crippen molar-refractivity contribution in [1.29, 1.82) is 0 Å². The molecule has 0 aliphatic carbocycles. The van der Waals surface area contributed by atoms with Crippen LogP contribution in [-0.4, -0.2) is 12.1 Å². The molecule has 0 bridgehead atoms. The zero-order chi connectivity index (χ0) is 10.0.